The maximum absolute atomic E-state index is 13.5. The molecule has 1 aromatic carbocycles. The molecule has 2 aliphatic heterocycles. The van der Waals surface area contributed by atoms with Crippen molar-refractivity contribution < 1.29 is 9.53 Å². The number of likely N-dealkylation sites (tertiary alicyclic amines) is 1. The van der Waals surface area contributed by atoms with Crippen molar-refractivity contribution in [2.24, 2.45) is 0 Å². The number of methoxy groups -OCH3 is 1. The van der Waals surface area contributed by atoms with Crippen LogP contribution in [-0.2, 0) is 4.79 Å². The molecule has 166 valence electrons. The fourth-order valence-corrected chi connectivity index (χ4v) is 5.69. The normalized spacial score (nSPS) is 18.9. The highest BCUT2D eigenvalue weighted by Gasteiger charge is 2.27. The van der Waals surface area contributed by atoms with E-state index in [1.807, 2.05) is 12.1 Å². The minimum atomic E-state index is -0.0398. The number of nitrogens with zero attached hydrogens (tertiary/aromatic N) is 2. The first-order chi connectivity index (χ1) is 15.3. The molecule has 31 heavy (non-hydrogen) atoms. The van der Waals surface area contributed by atoms with Gasteiger partial charge in [0.2, 0.25) is 5.91 Å². The van der Waals surface area contributed by atoms with E-state index in [0.29, 0.717) is 5.91 Å². The van der Waals surface area contributed by atoms with Gasteiger partial charge in [-0.3, -0.25) is 9.69 Å². The van der Waals surface area contributed by atoms with E-state index in [1.165, 1.54) is 23.3 Å². The van der Waals surface area contributed by atoms with Crippen molar-refractivity contribution in [3.8, 4) is 5.75 Å². The lowest BCUT2D eigenvalue weighted by molar-refractivity contribution is -0.133. The quantitative estimate of drug-likeness (QED) is 0.578. The number of amides is 1. The summed E-state index contributed by atoms with van der Waals surface area (Å²) in [7, 11) is 1.74. The smallest absolute Gasteiger partial charge is 0.230 e. The number of carbonyl (C=O) groups excluding carboxylic acids is 1. The summed E-state index contributed by atoms with van der Waals surface area (Å²) in [6.07, 6.45) is 9.02. The van der Waals surface area contributed by atoms with Gasteiger partial charge in [-0.2, -0.15) is 0 Å². The molecule has 0 saturated carbocycles. The Morgan fingerprint density at radius 3 is 2.52 bits per heavy atom. The Balaban J connectivity index is 1.40. The van der Waals surface area contributed by atoms with Crippen LogP contribution in [0.1, 0.15) is 54.9 Å². The second-order valence-corrected chi connectivity index (χ2v) is 9.51. The van der Waals surface area contributed by atoms with Gasteiger partial charge in [0.1, 0.15) is 5.75 Å². The largest absolute Gasteiger partial charge is 0.495 e. The average molecular weight is 439 g/mol. The molecule has 0 unspecified atom stereocenters. The van der Waals surface area contributed by atoms with Crippen molar-refractivity contribution >= 4 is 22.8 Å². The van der Waals surface area contributed by atoms with E-state index in [9.17, 15) is 4.79 Å². The molecule has 3 heterocycles. The molecule has 0 spiro atoms. The van der Waals surface area contributed by atoms with Crippen LogP contribution in [0, 0.1) is 0 Å². The molecule has 1 fully saturated rings. The lowest BCUT2D eigenvalue weighted by Crippen LogP contribution is -2.38. The van der Waals surface area contributed by atoms with Gasteiger partial charge in [-0.15, -0.1) is 11.3 Å². The van der Waals surface area contributed by atoms with Crippen LogP contribution >= 0.6 is 11.3 Å². The first-order valence-electron chi connectivity index (χ1n) is 11.6. The number of ether oxygens (including phenoxy) is 1. The molecule has 1 saturated heterocycles. The van der Waals surface area contributed by atoms with Crippen LogP contribution in [0.15, 0.2) is 47.9 Å². The standard InChI is InChI=1S/C26H34N2O2S/c1-30-24-14-20-31-25(24)22-11-17-27(18-12-22)19-13-23(21-9-5-4-6-10-21)26(29)28-15-7-2-3-8-16-28/h4-6,9-11,14,20,23H,2-3,7-8,12-13,15-19H2,1H3/t23-/m0/s1. The second kappa shape index (κ2) is 11.0. The molecule has 4 nitrogen and oxygen atoms in total. The van der Waals surface area contributed by atoms with Gasteiger partial charge < -0.3 is 9.64 Å². The summed E-state index contributed by atoms with van der Waals surface area (Å²) in [5.74, 6) is 1.27. The van der Waals surface area contributed by atoms with Crippen molar-refractivity contribution in [3.63, 3.8) is 0 Å². The summed E-state index contributed by atoms with van der Waals surface area (Å²) in [4.78, 5) is 19.4. The molecular formula is C26H34N2O2S. The van der Waals surface area contributed by atoms with E-state index < -0.39 is 0 Å². The number of rotatable bonds is 7. The van der Waals surface area contributed by atoms with Crippen LogP contribution in [-0.4, -0.2) is 55.5 Å². The summed E-state index contributed by atoms with van der Waals surface area (Å²) in [6, 6.07) is 12.4. The zero-order chi connectivity index (χ0) is 21.5. The first-order valence-corrected chi connectivity index (χ1v) is 12.5. The summed E-state index contributed by atoms with van der Waals surface area (Å²) >= 11 is 1.76. The summed E-state index contributed by atoms with van der Waals surface area (Å²) < 4.78 is 5.50. The molecule has 4 rings (SSSR count). The predicted octanol–water partition coefficient (Wildman–Crippen LogP) is 5.42. The highest BCUT2D eigenvalue weighted by molar-refractivity contribution is 7.11. The zero-order valence-electron chi connectivity index (χ0n) is 18.6. The summed E-state index contributed by atoms with van der Waals surface area (Å²) in [5, 5.41) is 2.10. The van der Waals surface area contributed by atoms with Crippen molar-refractivity contribution in [2.45, 2.75) is 44.4 Å². The Bertz CT molecular complexity index is 869. The van der Waals surface area contributed by atoms with Crippen LogP contribution < -0.4 is 4.74 Å². The molecular weight excluding hydrogens is 404 g/mol. The molecule has 0 radical (unpaired) electrons. The minimum absolute atomic E-state index is 0.0398. The molecule has 1 amide bonds. The van der Waals surface area contributed by atoms with Crippen LogP contribution in [0.4, 0.5) is 0 Å². The summed E-state index contributed by atoms with van der Waals surface area (Å²) in [5.41, 5.74) is 2.55. The second-order valence-electron chi connectivity index (χ2n) is 8.59. The highest BCUT2D eigenvalue weighted by atomic mass is 32.1. The molecule has 1 atom stereocenters. The van der Waals surface area contributed by atoms with Gasteiger partial charge >= 0.3 is 0 Å². The van der Waals surface area contributed by atoms with Crippen molar-refractivity contribution in [1.82, 2.24) is 9.80 Å². The fraction of sp³-hybridized carbons (Fsp3) is 0.500. The third-order valence-electron chi connectivity index (χ3n) is 6.59. The van der Waals surface area contributed by atoms with Gasteiger partial charge in [-0.05, 0) is 54.8 Å². The van der Waals surface area contributed by atoms with Crippen LogP contribution in [0.2, 0.25) is 0 Å². The van der Waals surface area contributed by atoms with E-state index in [1.54, 1.807) is 18.4 Å². The van der Waals surface area contributed by atoms with Crippen LogP contribution in [0.5, 0.6) is 5.75 Å². The molecule has 0 bridgehead atoms. The number of benzene rings is 1. The Hall–Kier alpha value is -2.11. The molecule has 2 aromatic rings. The summed E-state index contributed by atoms with van der Waals surface area (Å²) in [6.45, 7) is 4.76. The van der Waals surface area contributed by atoms with E-state index in [0.717, 1.165) is 69.7 Å². The van der Waals surface area contributed by atoms with Crippen molar-refractivity contribution in [3.05, 3.63) is 58.3 Å². The Labute approximate surface area is 190 Å². The fourth-order valence-electron chi connectivity index (χ4n) is 4.75. The van der Waals surface area contributed by atoms with Gasteiger partial charge in [0.25, 0.3) is 0 Å². The van der Waals surface area contributed by atoms with Gasteiger partial charge in [0.05, 0.1) is 17.9 Å². The van der Waals surface area contributed by atoms with Gasteiger partial charge in [-0.25, -0.2) is 0 Å². The number of hydrogen-bond donors (Lipinski definition) is 0. The van der Waals surface area contributed by atoms with Crippen molar-refractivity contribution in [1.29, 1.82) is 0 Å². The Morgan fingerprint density at radius 1 is 1.06 bits per heavy atom. The van der Waals surface area contributed by atoms with Crippen LogP contribution in [0.3, 0.4) is 0 Å². The minimum Gasteiger partial charge on any atom is -0.495 e. The number of hydrogen-bond acceptors (Lipinski definition) is 4. The van der Waals surface area contributed by atoms with Gasteiger partial charge in [0.15, 0.2) is 0 Å². The highest BCUT2D eigenvalue weighted by Crippen LogP contribution is 2.35. The third-order valence-corrected chi connectivity index (χ3v) is 7.56. The topological polar surface area (TPSA) is 32.8 Å². The maximum atomic E-state index is 13.5. The van der Waals surface area contributed by atoms with E-state index in [4.69, 9.17) is 4.74 Å². The number of thiophene rings is 1. The average Bonchev–Trinajstić information content (AvgIpc) is 3.13. The maximum Gasteiger partial charge on any atom is 0.230 e. The van der Waals surface area contributed by atoms with Gasteiger partial charge in [-0.1, -0.05) is 49.2 Å². The Kier molecular flexibility index (Phi) is 7.81. The third kappa shape index (κ3) is 5.58. The van der Waals surface area contributed by atoms with Gasteiger partial charge in [0, 0.05) is 26.2 Å². The first kappa shape index (κ1) is 22.1. The molecule has 5 heteroatoms. The lowest BCUT2D eigenvalue weighted by Gasteiger charge is -2.30. The molecule has 1 aromatic heterocycles. The predicted molar refractivity (Wildman–Crippen MR) is 129 cm³/mol. The molecule has 0 N–H and O–H groups in total. The van der Waals surface area contributed by atoms with E-state index >= 15 is 0 Å². The van der Waals surface area contributed by atoms with Crippen molar-refractivity contribution in [2.75, 3.05) is 39.8 Å². The number of carbonyl (C=O) groups is 1. The SMILES string of the molecule is COc1ccsc1C1=CCN(CC[C@H](C(=O)N2CCCCCC2)c2ccccc2)CC1. The molecule has 2 aliphatic rings. The Morgan fingerprint density at radius 2 is 1.84 bits per heavy atom. The van der Waals surface area contributed by atoms with Crippen LogP contribution in [0.25, 0.3) is 5.57 Å². The van der Waals surface area contributed by atoms with E-state index in [2.05, 4.69) is 45.5 Å². The lowest BCUT2D eigenvalue weighted by atomic mass is 9.93. The monoisotopic (exact) mass is 438 g/mol. The zero-order valence-corrected chi connectivity index (χ0v) is 19.4. The van der Waals surface area contributed by atoms with E-state index in [-0.39, 0.29) is 5.92 Å². The molecule has 0 aliphatic carbocycles.